The van der Waals surface area contributed by atoms with Crippen LogP contribution >= 0.6 is 0 Å². The van der Waals surface area contributed by atoms with Crippen molar-refractivity contribution in [2.24, 2.45) is 5.84 Å². The van der Waals surface area contributed by atoms with E-state index >= 15 is 0 Å². The Hall–Kier alpha value is -0.860. The first-order valence-electron chi connectivity index (χ1n) is 5.71. The summed E-state index contributed by atoms with van der Waals surface area (Å²) in [5.74, 6) is 5.60. The highest BCUT2D eigenvalue weighted by Crippen LogP contribution is 2.21. The van der Waals surface area contributed by atoms with Crippen LogP contribution in [0.1, 0.15) is 48.9 Å². The minimum atomic E-state index is 0.295. The van der Waals surface area contributed by atoms with Gasteiger partial charge in [-0.2, -0.15) is 0 Å². The van der Waals surface area contributed by atoms with Crippen LogP contribution in [-0.2, 0) is 0 Å². The molecular formula is C13H22N2. The predicted molar refractivity (Wildman–Crippen MR) is 65.5 cm³/mol. The van der Waals surface area contributed by atoms with Gasteiger partial charge in [0.15, 0.2) is 0 Å². The van der Waals surface area contributed by atoms with Crippen LogP contribution in [0.25, 0.3) is 0 Å². The van der Waals surface area contributed by atoms with Crippen LogP contribution in [0.15, 0.2) is 18.2 Å². The van der Waals surface area contributed by atoms with E-state index in [0.717, 1.165) is 6.42 Å². The number of rotatable bonds is 5. The molecule has 0 bridgehead atoms. The van der Waals surface area contributed by atoms with Crippen molar-refractivity contribution >= 4 is 0 Å². The molecule has 0 fully saturated rings. The molecule has 2 nitrogen and oxygen atoms in total. The molecule has 0 aliphatic carbocycles. The molecular weight excluding hydrogens is 184 g/mol. The maximum absolute atomic E-state index is 5.60. The largest absolute Gasteiger partial charge is 0.271 e. The van der Waals surface area contributed by atoms with Gasteiger partial charge in [-0.25, -0.2) is 0 Å². The zero-order chi connectivity index (χ0) is 11.3. The Labute approximate surface area is 92.8 Å². The molecule has 1 atom stereocenters. The second kappa shape index (κ2) is 5.89. The van der Waals surface area contributed by atoms with Gasteiger partial charge in [0.1, 0.15) is 0 Å². The standard InChI is InChI=1S/C13H22N2/c1-4-5-6-13(15-14)12-8-10(2)7-11(3)9-12/h7-9,13,15H,4-6,14H2,1-3H3. The maximum Gasteiger partial charge on any atom is 0.0460 e. The Morgan fingerprint density at radius 1 is 1.20 bits per heavy atom. The van der Waals surface area contributed by atoms with Crippen LogP contribution in [0.3, 0.4) is 0 Å². The first-order chi connectivity index (χ1) is 7.17. The average molecular weight is 206 g/mol. The predicted octanol–water partition coefficient (Wildman–Crippen LogP) is 3.00. The van der Waals surface area contributed by atoms with E-state index in [1.54, 1.807) is 0 Å². The molecule has 15 heavy (non-hydrogen) atoms. The maximum atomic E-state index is 5.60. The van der Waals surface area contributed by atoms with Crippen molar-refractivity contribution in [3.05, 3.63) is 34.9 Å². The second-order valence-electron chi connectivity index (χ2n) is 4.28. The number of nitrogens with two attached hydrogens (primary N) is 1. The molecule has 0 aliphatic heterocycles. The summed E-state index contributed by atoms with van der Waals surface area (Å²) in [6.07, 6.45) is 3.53. The van der Waals surface area contributed by atoms with Crippen molar-refractivity contribution in [2.45, 2.75) is 46.1 Å². The molecule has 1 aromatic carbocycles. The van der Waals surface area contributed by atoms with Gasteiger partial charge in [0.05, 0.1) is 0 Å². The fourth-order valence-electron chi connectivity index (χ4n) is 1.97. The first kappa shape index (κ1) is 12.2. The molecule has 0 spiro atoms. The van der Waals surface area contributed by atoms with Crippen molar-refractivity contribution < 1.29 is 0 Å². The molecule has 0 saturated carbocycles. The van der Waals surface area contributed by atoms with E-state index in [0.29, 0.717) is 6.04 Å². The van der Waals surface area contributed by atoms with Crippen LogP contribution in [0.2, 0.25) is 0 Å². The summed E-state index contributed by atoms with van der Waals surface area (Å²) in [4.78, 5) is 0. The highest BCUT2D eigenvalue weighted by atomic mass is 15.2. The van der Waals surface area contributed by atoms with Crippen molar-refractivity contribution in [1.82, 2.24) is 5.43 Å². The summed E-state index contributed by atoms with van der Waals surface area (Å²) in [5.41, 5.74) is 6.83. The molecule has 0 aliphatic rings. The van der Waals surface area contributed by atoms with Crippen LogP contribution in [0.5, 0.6) is 0 Å². The third-order valence-corrected chi connectivity index (χ3v) is 2.69. The Bertz CT molecular complexity index is 287. The number of unbranched alkanes of at least 4 members (excludes halogenated alkanes) is 1. The lowest BCUT2D eigenvalue weighted by atomic mass is 9.98. The Kier molecular flexibility index (Phi) is 4.79. The Morgan fingerprint density at radius 2 is 1.80 bits per heavy atom. The number of aryl methyl sites for hydroxylation is 2. The molecule has 0 heterocycles. The number of hydrazine groups is 1. The van der Waals surface area contributed by atoms with E-state index in [9.17, 15) is 0 Å². The number of hydrogen-bond acceptors (Lipinski definition) is 2. The van der Waals surface area contributed by atoms with Gasteiger partial charge in [-0.05, 0) is 25.8 Å². The summed E-state index contributed by atoms with van der Waals surface area (Å²) in [6.45, 7) is 6.46. The van der Waals surface area contributed by atoms with Gasteiger partial charge >= 0.3 is 0 Å². The molecule has 1 unspecified atom stereocenters. The molecule has 1 rings (SSSR count). The van der Waals surface area contributed by atoms with E-state index in [1.807, 2.05) is 0 Å². The lowest BCUT2D eigenvalue weighted by Crippen LogP contribution is -2.28. The molecule has 0 aromatic heterocycles. The number of nitrogens with one attached hydrogen (secondary N) is 1. The monoisotopic (exact) mass is 206 g/mol. The lowest BCUT2D eigenvalue weighted by molar-refractivity contribution is 0.495. The topological polar surface area (TPSA) is 38.0 Å². The molecule has 84 valence electrons. The van der Waals surface area contributed by atoms with E-state index in [1.165, 1.54) is 29.5 Å². The SMILES string of the molecule is CCCCC(NN)c1cc(C)cc(C)c1. The van der Waals surface area contributed by atoms with Crippen molar-refractivity contribution in [3.8, 4) is 0 Å². The van der Waals surface area contributed by atoms with Gasteiger partial charge in [0.25, 0.3) is 0 Å². The van der Waals surface area contributed by atoms with Gasteiger partial charge in [-0.15, -0.1) is 0 Å². The minimum Gasteiger partial charge on any atom is -0.271 e. The third-order valence-electron chi connectivity index (χ3n) is 2.69. The normalized spacial score (nSPS) is 12.8. The highest BCUT2D eigenvalue weighted by Gasteiger charge is 2.09. The van der Waals surface area contributed by atoms with Gasteiger partial charge in [0.2, 0.25) is 0 Å². The van der Waals surface area contributed by atoms with E-state index in [4.69, 9.17) is 5.84 Å². The minimum absolute atomic E-state index is 0.295. The molecule has 2 heteroatoms. The quantitative estimate of drug-likeness (QED) is 0.574. The molecule has 1 aromatic rings. The van der Waals surface area contributed by atoms with Crippen molar-refractivity contribution in [3.63, 3.8) is 0 Å². The lowest BCUT2D eigenvalue weighted by Gasteiger charge is -2.17. The average Bonchev–Trinajstić information content (AvgIpc) is 2.17. The smallest absolute Gasteiger partial charge is 0.0460 e. The zero-order valence-corrected chi connectivity index (χ0v) is 10.0. The number of hydrogen-bond donors (Lipinski definition) is 2. The Morgan fingerprint density at radius 3 is 2.27 bits per heavy atom. The fourth-order valence-corrected chi connectivity index (χ4v) is 1.97. The van der Waals surface area contributed by atoms with Crippen LogP contribution < -0.4 is 11.3 Å². The molecule has 0 radical (unpaired) electrons. The van der Waals surface area contributed by atoms with Crippen LogP contribution in [0.4, 0.5) is 0 Å². The summed E-state index contributed by atoms with van der Waals surface area (Å²) in [5, 5.41) is 0. The molecule has 3 N–H and O–H groups in total. The number of benzene rings is 1. The zero-order valence-electron chi connectivity index (χ0n) is 10.0. The van der Waals surface area contributed by atoms with Gasteiger partial charge in [-0.3, -0.25) is 11.3 Å². The van der Waals surface area contributed by atoms with Gasteiger partial charge in [-0.1, -0.05) is 49.1 Å². The second-order valence-corrected chi connectivity index (χ2v) is 4.28. The fraction of sp³-hybridized carbons (Fsp3) is 0.538. The van der Waals surface area contributed by atoms with Gasteiger partial charge < -0.3 is 0 Å². The molecule has 0 amide bonds. The summed E-state index contributed by atoms with van der Waals surface area (Å²) >= 11 is 0. The van der Waals surface area contributed by atoms with Crippen LogP contribution in [-0.4, -0.2) is 0 Å². The van der Waals surface area contributed by atoms with Gasteiger partial charge in [0, 0.05) is 6.04 Å². The van der Waals surface area contributed by atoms with Crippen LogP contribution in [0, 0.1) is 13.8 Å². The summed E-state index contributed by atoms with van der Waals surface area (Å²) in [6, 6.07) is 6.92. The van der Waals surface area contributed by atoms with E-state index in [-0.39, 0.29) is 0 Å². The summed E-state index contributed by atoms with van der Waals surface area (Å²) in [7, 11) is 0. The molecule has 0 saturated heterocycles. The highest BCUT2D eigenvalue weighted by molar-refractivity contribution is 5.30. The van der Waals surface area contributed by atoms with Crippen molar-refractivity contribution in [2.75, 3.05) is 0 Å². The third kappa shape index (κ3) is 3.65. The Balaban J connectivity index is 2.81. The van der Waals surface area contributed by atoms with E-state index in [2.05, 4.69) is 44.4 Å². The summed E-state index contributed by atoms with van der Waals surface area (Å²) < 4.78 is 0. The van der Waals surface area contributed by atoms with Crippen molar-refractivity contribution in [1.29, 1.82) is 0 Å². The van der Waals surface area contributed by atoms with E-state index < -0.39 is 0 Å². The first-order valence-corrected chi connectivity index (χ1v) is 5.71.